The molecule has 2 aliphatic carbocycles. The molecule has 2 nitrogen and oxygen atoms in total. The van der Waals surface area contributed by atoms with Crippen LogP contribution < -0.4 is 0 Å². The zero-order chi connectivity index (χ0) is 18.0. The molecule has 0 aromatic carbocycles. The number of carbonyl (C=O) groups is 1. The highest BCUT2D eigenvalue weighted by molar-refractivity contribution is 5.69. The molecule has 3 atom stereocenters. The topological polar surface area (TPSA) is 26.3 Å². The highest BCUT2D eigenvalue weighted by atomic mass is 16.5. The first kappa shape index (κ1) is 19.5. The first-order valence-electron chi connectivity index (χ1n) is 10.1. The van der Waals surface area contributed by atoms with Crippen LogP contribution in [0.3, 0.4) is 0 Å². The van der Waals surface area contributed by atoms with E-state index in [2.05, 4.69) is 34.6 Å². The Morgan fingerprint density at radius 2 is 2.00 bits per heavy atom. The van der Waals surface area contributed by atoms with Crippen LogP contribution in [0, 0.1) is 22.7 Å². The van der Waals surface area contributed by atoms with Gasteiger partial charge in [0.25, 0.3) is 0 Å². The van der Waals surface area contributed by atoms with Crippen molar-refractivity contribution in [2.45, 2.75) is 92.9 Å². The van der Waals surface area contributed by atoms with Gasteiger partial charge in [0.05, 0.1) is 6.61 Å². The molecule has 24 heavy (non-hydrogen) atoms. The van der Waals surface area contributed by atoms with Crippen molar-refractivity contribution >= 4 is 5.97 Å². The number of carbonyl (C=O) groups excluding carboxylic acids is 1. The van der Waals surface area contributed by atoms with Crippen LogP contribution in [0.4, 0.5) is 0 Å². The van der Waals surface area contributed by atoms with Gasteiger partial charge in [-0.05, 0) is 75.0 Å². The van der Waals surface area contributed by atoms with Gasteiger partial charge in [0.15, 0.2) is 0 Å². The number of ether oxygens (including phenoxy) is 1. The first-order chi connectivity index (χ1) is 11.2. The Hall–Kier alpha value is -0.790. The molecule has 0 aliphatic heterocycles. The number of fused-ring (bicyclic) bond motifs is 1. The van der Waals surface area contributed by atoms with Crippen molar-refractivity contribution in [3.63, 3.8) is 0 Å². The molecule has 0 aromatic rings. The van der Waals surface area contributed by atoms with Crippen LogP contribution in [0.5, 0.6) is 0 Å². The Kier molecular flexibility index (Phi) is 6.20. The van der Waals surface area contributed by atoms with Crippen molar-refractivity contribution in [3.05, 3.63) is 11.1 Å². The smallest absolute Gasteiger partial charge is 0.306 e. The summed E-state index contributed by atoms with van der Waals surface area (Å²) in [6.45, 7) is 14.4. The molecule has 0 radical (unpaired) electrons. The quantitative estimate of drug-likeness (QED) is 0.421. The molecule has 1 saturated carbocycles. The molecule has 0 aromatic heterocycles. The summed E-state index contributed by atoms with van der Waals surface area (Å²) in [6.07, 6.45) is 9.53. The monoisotopic (exact) mass is 334 g/mol. The maximum absolute atomic E-state index is 11.7. The number of rotatable bonds is 6. The molecular formula is C22H38O2. The Balaban J connectivity index is 2.06. The van der Waals surface area contributed by atoms with Gasteiger partial charge in [-0.1, -0.05) is 45.3 Å². The lowest BCUT2D eigenvalue weighted by atomic mass is 9.50. The lowest BCUT2D eigenvalue weighted by Gasteiger charge is -2.55. The number of esters is 1. The average Bonchev–Trinajstić information content (AvgIpc) is 2.45. The Labute approximate surface area is 149 Å². The van der Waals surface area contributed by atoms with Crippen molar-refractivity contribution in [2.75, 3.05) is 6.61 Å². The van der Waals surface area contributed by atoms with E-state index in [1.54, 1.807) is 11.1 Å². The molecule has 2 rings (SSSR count). The lowest BCUT2D eigenvalue weighted by Crippen LogP contribution is -2.45. The van der Waals surface area contributed by atoms with Gasteiger partial charge < -0.3 is 4.74 Å². The summed E-state index contributed by atoms with van der Waals surface area (Å²) < 4.78 is 5.11. The van der Waals surface area contributed by atoms with E-state index < -0.39 is 0 Å². The standard InChI is InChI=1S/C22H38O2/c1-7-24-20(23)15-16(2)9-11-18-17(3)10-12-19-21(4,5)13-8-14-22(18,19)6/h16,19H,7-15H2,1-6H3/t16-,19-,22+/m1/s1. The average molecular weight is 335 g/mol. The number of hydrogen-bond acceptors (Lipinski definition) is 2. The molecule has 0 amide bonds. The third kappa shape index (κ3) is 4.06. The van der Waals surface area contributed by atoms with Crippen LogP contribution in [0.25, 0.3) is 0 Å². The van der Waals surface area contributed by atoms with E-state index in [4.69, 9.17) is 4.74 Å². The van der Waals surface area contributed by atoms with Gasteiger partial charge in [0.2, 0.25) is 0 Å². The van der Waals surface area contributed by atoms with E-state index in [1.165, 1.54) is 32.1 Å². The van der Waals surface area contributed by atoms with E-state index in [0.717, 1.165) is 18.8 Å². The van der Waals surface area contributed by atoms with Crippen molar-refractivity contribution in [1.82, 2.24) is 0 Å². The molecule has 0 unspecified atom stereocenters. The van der Waals surface area contributed by atoms with Crippen molar-refractivity contribution < 1.29 is 9.53 Å². The van der Waals surface area contributed by atoms with E-state index in [9.17, 15) is 4.79 Å². The van der Waals surface area contributed by atoms with Gasteiger partial charge in [-0.2, -0.15) is 0 Å². The molecule has 2 aliphatic rings. The van der Waals surface area contributed by atoms with E-state index in [0.29, 0.717) is 29.8 Å². The highest BCUT2D eigenvalue weighted by Gasteiger charge is 2.49. The Bertz CT molecular complexity index is 488. The fraction of sp³-hybridized carbons (Fsp3) is 0.864. The molecule has 0 heterocycles. The van der Waals surface area contributed by atoms with Crippen LogP contribution in [0.1, 0.15) is 92.9 Å². The van der Waals surface area contributed by atoms with Crippen molar-refractivity contribution in [2.24, 2.45) is 22.7 Å². The SMILES string of the molecule is CCOC(=O)C[C@H](C)CCC1=C(C)CC[C@@H]2C(C)(C)CCC[C@@]12C. The van der Waals surface area contributed by atoms with Gasteiger partial charge in [-0.25, -0.2) is 0 Å². The summed E-state index contributed by atoms with van der Waals surface area (Å²) in [6, 6.07) is 0. The second-order valence-electron chi connectivity index (χ2n) is 9.26. The first-order valence-corrected chi connectivity index (χ1v) is 10.1. The van der Waals surface area contributed by atoms with Crippen molar-refractivity contribution in [3.8, 4) is 0 Å². The van der Waals surface area contributed by atoms with Crippen LogP contribution in [-0.2, 0) is 9.53 Å². The maximum atomic E-state index is 11.7. The summed E-state index contributed by atoms with van der Waals surface area (Å²) in [5.74, 6) is 1.19. The fourth-order valence-electron chi connectivity index (χ4n) is 5.69. The van der Waals surface area contributed by atoms with E-state index in [-0.39, 0.29) is 5.97 Å². The molecule has 138 valence electrons. The lowest BCUT2D eigenvalue weighted by molar-refractivity contribution is -0.144. The fourth-order valence-corrected chi connectivity index (χ4v) is 5.69. The minimum atomic E-state index is -0.0396. The van der Waals surface area contributed by atoms with Gasteiger partial charge >= 0.3 is 5.97 Å². The molecule has 0 saturated heterocycles. The summed E-state index contributed by atoms with van der Waals surface area (Å²) in [7, 11) is 0. The van der Waals surface area contributed by atoms with Crippen LogP contribution in [0.15, 0.2) is 11.1 Å². The zero-order valence-corrected chi connectivity index (χ0v) is 16.8. The largest absolute Gasteiger partial charge is 0.466 e. The zero-order valence-electron chi connectivity index (χ0n) is 16.8. The van der Waals surface area contributed by atoms with Crippen LogP contribution >= 0.6 is 0 Å². The summed E-state index contributed by atoms with van der Waals surface area (Å²) >= 11 is 0. The molecular weight excluding hydrogens is 296 g/mol. The third-order valence-corrected chi connectivity index (χ3v) is 6.95. The van der Waals surface area contributed by atoms with Gasteiger partial charge in [0.1, 0.15) is 0 Å². The Morgan fingerprint density at radius 3 is 2.67 bits per heavy atom. The second-order valence-corrected chi connectivity index (χ2v) is 9.26. The molecule has 0 bridgehead atoms. The number of hydrogen-bond donors (Lipinski definition) is 0. The van der Waals surface area contributed by atoms with Gasteiger partial charge in [0, 0.05) is 6.42 Å². The minimum Gasteiger partial charge on any atom is -0.466 e. The maximum Gasteiger partial charge on any atom is 0.306 e. The molecule has 0 N–H and O–H groups in total. The second kappa shape index (κ2) is 7.62. The van der Waals surface area contributed by atoms with Crippen LogP contribution in [0.2, 0.25) is 0 Å². The molecule has 2 heteroatoms. The molecule has 0 spiro atoms. The number of allylic oxidation sites excluding steroid dienone is 2. The van der Waals surface area contributed by atoms with E-state index in [1.807, 2.05) is 6.92 Å². The predicted octanol–water partition coefficient (Wildman–Crippen LogP) is 6.30. The van der Waals surface area contributed by atoms with E-state index >= 15 is 0 Å². The highest BCUT2D eigenvalue weighted by Crippen LogP contribution is 2.60. The predicted molar refractivity (Wildman–Crippen MR) is 101 cm³/mol. The Morgan fingerprint density at radius 1 is 1.29 bits per heavy atom. The third-order valence-electron chi connectivity index (χ3n) is 6.95. The summed E-state index contributed by atoms with van der Waals surface area (Å²) in [5, 5.41) is 0. The molecule has 1 fully saturated rings. The van der Waals surface area contributed by atoms with Gasteiger partial charge in [-0.3, -0.25) is 4.79 Å². The van der Waals surface area contributed by atoms with Crippen LogP contribution in [-0.4, -0.2) is 12.6 Å². The summed E-state index contributed by atoms with van der Waals surface area (Å²) in [5.41, 5.74) is 4.21. The normalized spacial score (nSPS) is 30.7. The van der Waals surface area contributed by atoms with Gasteiger partial charge in [-0.15, -0.1) is 0 Å². The minimum absolute atomic E-state index is 0.0396. The van der Waals surface area contributed by atoms with Crippen molar-refractivity contribution in [1.29, 1.82) is 0 Å². The summed E-state index contributed by atoms with van der Waals surface area (Å²) in [4.78, 5) is 11.7.